The first-order valence-electron chi connectivity index (χ1n) is 5.62. The van der Waals surface area contributed by atoms with E-state index in [0.29, 0.717) is 5.41 Å². The van der Waals surface area contributed by atoms with Gasteiger partial charge < -0.3 is 0 Å². The number of fused-ring (bicyclic) bond motifs is 1. The van der Waals surface area contributed by atoms with Crippen LogP contribution in [0.5, 0.6) is 0 Å². The van der Waals surface area contributed by atoms with Crippen molar-refractivity contribution in [1.82, 2.24) is 15.0 Å². The normalized spacial score (nSPS) is 38.0. The van der Waals surface area contributed by atoms with Crippen LogP contribution in [0.3, 0.4) is 0 Å². The van der Waals surface area contributed by atoms with Crippen LogP contribution in [-0.2, 0) is 13.5 Å². The SMILES string of the molecule is Cn1cc(CC2(CBr)CC3CC3C2)nn1. The first kappa shape index (κ1) is 9.82. The van der Waals surface area contributed by atoms with Crippen molar-refractivity contribution in [2.24, 2.45) is 24.3 Å². The van der Waals surface area contributed by atoms with Gasteiger partial charge in [0.1, 0.15) is 0 Å². The lowest BCUT2D eigenvalue weighted by molar-refractivity contribution is 0.305. The van der Waals surface area contributed by atoms with Crippen molar-refractivity contribution in [2.75, 3.05) is 5.33 Å². The lowest BCUT2D eigenvalue weighted by Crippen LogP contribution is -2.24. The summed E-state index contributed by atoms with van der Waals surface area (Å²) in [7, 11) is 1.93. The summed E-state index contributed by atoms with van der Waals surface area (Å²) in [6, 6.07) is 0. The molecule has 2 atom stereocenters. The summed E-state index contributed by atoms with van der Waals surface area (Å²) < 4.78 is 1.80. The largest absolute Gasteiger partial charge is 0.255 e. The van der Waals surface area contributed by atoms with Crippen molar-refractivity contribution in [3.05, 3.63) is 11.9 Å². The van der Waals surface area contributed by atoms with Crippen LogP contribution in [0, 0.1) is 17.3 Å². The van der Waals surface area contributed by atoms with Gasteiger partial charge in [-0.1, -0.05) is 21.1 Å². The third-order valence-corrected chi connectivity index (χ3v) is 5.14. The van der Waals surface area contributed by atoms with Crippen LogP contribution in [0.25, 0.3) is 0 Å². The highest BCUT2D eigenvalue weighted by molar-refractivity contribution is 9.09. The van der Waals surface area contributed by atoms with E-state index in [0.717, 1.165) is 29.3 Å². The number of aryl methyl sites for hydroxylation is 1. The zero-order valence-electron chi connectivity index (χ0n) is 8.99. The predicted octanol–water partition coefficient (Wildman–Crippen LogP) is 2.17. The smallest absolute Gasteiger partial charge is 0.0832 e. The van der Waals surface area contributed by atoms with Crippen molar-refractivity contribution in [2.45, 2.75) is 25.7 Å². The Morgan fingerprint density at radius 2 is 2.27 bits per heavy atom. The molecule has 2 saturated carbocycles. The minimum Gasteiger partial charge on any atom is -0.255 e. The van der Waals surface area contributed by atoms with Gasteiger partial charge in [-0.15, -0.1) is 5.10 Å². The molecule has 1 heterocycles. The second kappa shape index (κ2) is 3.30. The molecule has 3 nitrogen and oxygen atoms in total. The summed E-state index contributed by atoms with van der Waals surface area (Å²) in [5.74, 6) is 2.05. The van der Waals surface area contributed by atoms with E-state index < -0.39 is 0 Å². The Bertz CT molecular complexity index is 364. The molecule has 0 spiro atoms. The Labute approximate surface area is 98.4 Å². The van der Waals surface area contributed by atoms with Crippen molar-refractivity contribution < 1.29 is 0 Å². The van der Waals surface area contributed by atoms with Gasteiger partial charge in [0.05, 0.1) is 5.69 Å². The fourth-order valence-corrected chi connectivity index (χ4v) is 3.82. The first-order chi connectivity index (χ1) is 7.21. The molecule has 4 heteroatoms. The Balaban J connectivity index is 1.75. The number of hydrogen-bond donors (Lipinski definition) is 0. The van der Waals surface area contributed by atoms with Crippen LogP contribution in [0.2, 0.25) is 0 Å². The number of aromatic nitrogens is 3. The zero-order valence-corrected chi connectivity index (χ0v) is 10.6. The second-order valence-corrected chi connectivity index (χ2v) is 5.92. The number of halogens is 1. The molecule has 1 aromatic rings. The summed E-state index contributed by atoms with van der Waals surface area (Å²) >= 11 is 3.69. The highest BCUT2D eigenvalue weighted by atomic mass is 79.9. The van der Waals surface area contributed by atoms with E-state index in [9.17, 15) is 0 Å². The van der Waals surface area contributed by atoms with E-state index in [2.05, 4.69) is 26.2 Å². The van der Waals surface area contributed by atoms with Gasteiger partial charge in [-0.2, -0.15) is 0 Å². The molecular formula is C11H16BrN3. The zero-order chi connectivity index (χ0) is 10.5. The van der Waals surface area contributed by atoms with Crippen molar-refractivity contribution >= 4 is 15.9 Å². The van der Waals surface area contributed by atoms with Crippen LogP contribution >= 0.6 is 15.9 Å². The number of rotatable bonds is 3. The molecule has 0 saturated heterocycles. The fraction of sp³-hybridized carbons (Fsp3) is 0.818. The Kier molecular flexibility index (Phi) is 2.16. The molecule has 15 heavy (non-hydrogen) atoms. The molecule has 0 aromatic carbocycles. The molecular weight excluding hydrogens is 254 g/mol. The summed E-state index contributed by atoms with van der Waals surface area (Å²) in [6.07, 6.45) is 7.40. The number of nitrogens with zero attached hydrogens (tertiary/aromatic N) is 3. The molecule has 2 fully saturated rings. The number of hydrogen-bond acceptors (Lipinski definition) is 2. The van der Waals surface area contributed by atoms with Gasteiger partial charge in [-0.25, -0.2) is 0 Å². The summed E-state index contributed by atoms with van der Waals surface area (Å²) in [5.41, 5.74) is 1.63. The van der Waals surface area contributed by atoms with Gasteiger partial charge in [0.2, 0.25) is 0 Å². The maximum atomic E-state index is 4.20. The molecule has 0 bridgehead atoms. The fourth-order valence-electron chi connectivity index (χ4n) is 3.17. The highest BCUT2D eigenvalue weighted by Crippen LogP contribution is 2.61. The van der Waals surface area contributed by atoms with Gasteiger partial charge in [-0.3, -0.25) is 4.68 Å². The maximum absolute atomic E-state index is 4.20. The maximum Gasteiger partial charge on any atom is 0.0832 e. The van der Waals surface area contributed by atoms with E-state index in [-0.39, 0.29) is 0 Å². The van der Waals surface area contributed by atoms with E-state index >= 15 is 0 Å². The van der Waals surface area contributed by atoms with Gasteiger partial charge >= 0.3 is 0 Å². The van der Waals surface area contributed by atoms with Crippen LogP contribution < -0.4 is 0 Å². The lowest BCUT2D eigenvalue weighted by atomic mass is 9.81. The van der Waals surface area contributed by atoms with Gasteiger partial charge in [0, 0.05) is 18.6 Å². The number of alkyl halides is 1. The Hall–Kier alpha value is -0.380. The average Bonchev–Trinajstić information content (AvgIpc) is 2.65. The van der Waals surface area contributed by atoms with Crippen molar-refractivity contribution in [3.8, 4) is 0 Å². The third kappa shape index (κ3) is 1.73. The molecule has 2 aliphatic rings. The average molecular weight is 270 g/mol. The third-order valence-electron chi connectivity index (χ3n) is 3.95. The highest BCUT2D eigenvalue weighted by Gasteiger charge is 2.53. The van der Waals surface area contributed by atoms with Crippen molar-refractivity contribution in [1.29, 1.82) is 0 Å². The molecule has 1 aromatic heterocycles. The van der Waals surface area contributed by atoms with E-state index in [4.69, 9.17) is 0 Å². The molecule has 0 radical (unpaired) electrons. The van der Waals surface area contributed by atoms with Crippen LogP contribution in [0.4, 0.5) is 0 Å². The molecule has 3 rings (SSSR count). The second-order valence-electron chi connectivity index (χ2n) is 5.36. The predicted molar refractivity (Wildman–Crippen MR) is 61.8 cm³/mol. The van der Waals surface area contributed by atoms with E-state index in [1.807, 2.05) is 13.2 Å². The van der Waals surface area contributed by atoms with Gasteiger partial charge in [0.15, 0.2) is 0 Å². The summed E-state index contributed by atoms with van der Waals surface area (Å²) in [4.78, 5) is 0. The van der Waals surface area contributed by atoms with Crippen LogP contribution in [0.1, 0.15) is 25.0 Å². The Morgan fingerprint density at radius 3 is 2.80 bits per heavy atom. The molecule has 0 amide bonds. The van der Waals surface area contributed by atoms with Crippen LogP contribution in [0.15, 0.2) is 6.20 Å². The van der Waals surface area contributed by atoms with Crippen molar-refractivity contribution in [3.63, 3.8) is 0 Å². The summed E-state index contributed by atoms with van der Waals surface area (Å²) in [5, 5.41) is 9.32. The quantitative estimate of drug-likeness (QED) is 0.788. The monoisotopic (exact) mass is 269 g/mol. The topological polar surface area (TPSA) is 30.7 Å². The Morgan fingerprint density at radius 1 is 1.53 bits per heavy atom. The molecule has 0 N–H and O–H groups in total. The molecule has 2 aliphatic carbocycles. The van der Waals surface area contributed by atoms with Crippen LogP contribution in [-0.4, -0.2) is 20.3 Å². The molecule has 2 unspecified atom stereocenters. The van der Waals surface area contributed by atoms with E-state index in [1.54, 1.807) is 4.68 Å². The minimum absolute atomic E-state index is 0.476. The van der Waals surface area contributed by atoms with E-state index in [1.165, 1.54) is 19.3 Å². The van der Waals surface area contributed by atoms with Gasteiger partial charge in [0.25, 0.3) is 0 Å². The molecule has 0 aliphatic heterocycles. The molecule has 82 valence electrons. The minimum atomic E-state index is 0.476. The standard InChI is InChI=1S/C11H16BrN3/c1-15-6-10(13-14-15)5-11(7-12)3-8-2-9(8)4-11/h6,8-9H,2-5,7H2,1H3. The lowest BCUT2D eigenvalue weighted by Gasteiger charge is -2.27. The first-order valence-corrected chi connectivity index (χ1v) is 6.74. The summed E-state index contributed by atoms with van der Waals surface area (Å²) in [6.45, 7) is 0. The van der Waals surface area contributed by atoms with Gasteiger partial charge in [-0.05, 0) is 42.9 Å².